The van der Waals surface area contributed by atoms with Crippen molar-refractivity contribution in [2.24, 2.45) is 34.7 Å². The summed E-state index contributed by atoms with van der Waals surface area (Å²) < 4.78 is 65.4. The fraction of sp³-hybridized carbons (Fsp3) is 0.529. The van der Waals surface area contributed by atoms with Crippen LogP contribution in [0.4, 0.5) is 23.2 Å². The molecule has 2 aromatic rings. The Hall–Kier alpha value is -4.00. The third-order valence-corrected chi connectivity index (χ3v) is 10.3. The van der Waals surface area contributed by atoms with Gasteiger partial charge in [0, 0.05) is 29.4 Å². The standard InChI is InChI=1S/C34H36F4N4O5/c1-45-32-24(14-18(16-39-32)28-22-7-4-12-46-33(22)47-42-28)30(43)41-29-21-10-9-20(23(21)13-17-5-2-3-6-17)27(29)31(44)40-19-8-11-26(35)25(15-19)34(36,37)38/h8,11,13-17,20-22,27,29,33H,2-7,9-10,12H2,1H3,(H,40,44)(H,41,43)/b23-13-/t20-,21+,22?,27-,29+,33?/m0/s1. The highest BCUT2D eigenvalue weighted by Crippen LogP contribution is 2.54. The number of aromatic nitrogens is 1. The number of nitrogens with one attached hydrogen (secondary N) is 2. The second-order valence-corrected chi connectivity index (χ2v) is 13.1. The van der Waals surface area contributed by atoms with E-state index >= 15 is 0 Å². The minimum absolute atomic E-state index is 0.0962. The van der Waals surface area contributed by atoms with Crippen molar-refractivity contribution in [2.75, 3.05) is 19.0 Å². The first-order valence-corrected chi connectivity index (χ1v) is 16.2. The molecule has 4 fully saturated rings. The highest BCUT2D eigenvalue weighted by Gasteiger charge is 2.55. The van der Waals surface area contributed by atoms with Gasteiger partial charge in [-0.05, 0) is 74.6 Å². The predicted octanol–water partition coefficient (Wildman–Crippen LogP) is 6.24. The number of carbonyl (C=O) groups is 2. The van der Waals surface area contributed by atoms with Gasteiger partial charge in [-0.2, -0.15) is 13.2 Å². The van der Waals surface area contributed by atoms with Gasteiger partial charge in [-0.3, -0.25) is 9.59 Å². The lowest BCUT2D eigenvalue weighted by atomic mass is 9.83. The summed E-state index contributed by atoms with van der Waals surface area (Å²) in [6.45, 7) is 0.582. The molecule has 1 saturated heterocycles. The number of fused-ring (bicyclic) bond motifs is 3. The molecule has 3 saturated carbocycles. The molecule has 47 heavy (non-hydrogen) atoms. The van der Waals surface area contributed by atoms with Gasteiger partial charge < -0.3 is 24.9 Å². The lowest BCUT2D eigenvalue weighted by Gasteiger charge is -2.30. The van der Waals surface area contributed by atoms with E-state index in [0.717, 1.165) is 63.0 Å². The van der Waals surface area contributed by atoms with Gasteiger partial charge in [-0.25, -0.2) is 9.37 Å². The van der Waals surface area contributed by atoms with E-state index in [9.17, 15) is 27.2 Å². The van der Waals surface area contributed by atoms with Crippen molar-refractivity contribution in [3.8, 4) is 5.88 Å². The average molecular weight is 657 g/mol. The van der Waals surface area contributed by atoms with E-state index in [2.05, 4.69) is 26.8 Å². The molecule has 1 aromatic heterocycles. The summed E-state index contributed by atoms with van der Waals surface area (Å²) in [4.78, 5) is 37.8. The predicted molar refractivity (Wildman–Crippen MR) is 162 cm³/mol. The molecule has 2 amide bonds. The number of hydrogen-bond acceptors (Lipinski definition) is 7. The van der Waals surface area contributed by atoms with E-state index in [1.807, 2.05) is 0 Å². The van der Waals surface area contributed by atoms with Crippen LogP contribution in [0.15, 0.2) is 47.3 Å². The molecular weight excluding hydrogens is 620 g/mol. The molecule has 6 atom stereocenters. The van der Waals surface area contributed by atoms with E-state index in [4.69, 9.17) is 14.3 Å². The fourth-order valence-corrected chi connectivity index (χ4v) is 8.18. The number of pyridine rings is 1. The monoisotopic (exact) mass is 656 g/mol. The Balaban J connectivity index is 1.18. The largest absolute Gasteiger partial charge is 0.480 e. The number of amides is 2. The maximum absolute atomic E-state index is 14.0. The summed E-state index contributed by atoms with van der Waals surface area (Å²) in [5, 5.41) is 9.92. The number of rotatable bonds is 7. The van der Waals surface area contributed by atoms with Gasteiger partial charge in [0.15, 0.2) is 0 Å². The van der Waals surface area contributed by atoms with Gasteiger partial charge in [0.25, 0.3) is 5.91 Å². The minimum Gasteiger partial charge on any atom is -0.480 e. The number of methoxy groups -OCH3 is 1. The third-order valence-electron chi connectivity index (χ3n) is 10.3. The second kappa shape index (κ2) is 12.6. The Morgan fingerprint density at radius 2 is 1.81 bits per heavy atom. The topological polar surface area (TPSA) is 111 Å². The maximum Gasteiger partial charge on any atom is 0.419 e. The molecule has 2 N–H and O–H groups in total. The maximum atomic E-state index is 14.0. The van der Waals surface area contributed by atoms with Crippen molar-refractivity contribution in [2.45, 2.75) is 69.9 Å². The summed E-state index contributed by atoms with van der Waals surface area (Å²) in [5.41, 5.74) is 0.880. The summed E-state index contributed by atoms with van der Waals surface area (Å²) in [6, 6.07) is 3.42. The van der Waals surface area contributed by atoms with E-state index in [1.165, 1.54) is 7.11 Å². The van der Waals surface area contributed by atoms with E-state index in [0.29, 0.717) is 35.9 Å². The van der Waals surface area contributed by atoms with Crippen molar-refractivity contribution in [3.63, 3.8) is 0 Å². The number of anilines is 1. The molecule has 9 nitrogen and oxygen atoms in total. The Bertz CT molecular complexity index is 1620. The molecule has 250 valence electrons. The van der Waals surface area contributed by atoms with Crippen LogP contribution in [-0.4, -0.2) is 48.6 Å². The van der Waals surface area contributed by atoms with Crippen LogP contribution < -0.4 is 15.4 Å². The van der Waals surface area contributed by atoms with Crippen LogP contribution in [0.2, 0.25) is 0 Å². The van der Waals surface area contributed by atoms with Crippen LogP contribution in [0.25, 0.3) is 0 Å². The van der Waals surface area contributed by atoms with Crippen LogP contribution in [0.5, 0.6) is 5.88 Å². The molecule has 3 heterocycles. The first-order valence-electron chi connectivity index (χ1n) is 16.2. The van der Waals surface area contributed by atoms with Gasteiger partial charge in [0.1, 0.15) is 11.4 Å². The Morgan fingerprint density at radius 3 is 2.57 bits per heavy atom. The number of alkyl halides is 3. The van der Waals surface area contributed by atoms with Gasteiger partial charge in [-0.15, -0.1) is 0 Å². The molecule has 7 rings (SSSR count). The van der Waals surface area contributed by atoms with Crippen molar-refractivity contribution >= 4 is 23.2 Å². The highest BCUT2D eigenvalue weighted by atomic mass is 19.4. The summed E-state index contributed by atoms with van der Waals surface area (Å²) in [5.74, 6) is -3.11. The van der Waals surface area contributed by atoms with Crippen molar-refractivity contribution in [3.05, 3.63) is 64.6 Å². The smallest absolute Gasteiger partial charge is 0.419 e. The van der Waals surface area contributed by atoms with Gasteiger partial charge in [0.05, 0.1) is 36.8 Å². The van der Waals surface area contributed by atoms with Gasteiger partial charge in [-0.1, -0.05) is 29.6 Å². The van der Waals surface area contributed by atoms with Crippen molar-refractivity contribution < 1.29 is 41.5 Å². The number of hydrogen-bond donors (Lipinski definition) is 2. The van der Waals surface area contributed by atoms with Crippen LogP contribution in [0.1, 0.15) is 72.9 Å². The van der Waals surface area contributed by atoms with E-state index < -0.39 is 47.6 Å². The molecule has 2 bridgehead atoms. The summed E-state index contributed by atoms with van der Waals surface area (Å²) in [6.07, 6.45) is 5.96. The second-order valence-electron chi connectivity index (χ2n) is 13.1. The number of carbonyl (C=O) groups excluding carboxylic acids is 2. The molecular formula is C34H36F4N4O5. The summed E-state index contributed by atoms with van der Waals surface area (Å²) >= 11 is 0. The zero-order chi connectivity index (χ0) is 32.9. The quantitative estimate of drug-likeness (QED) is 0.270. The van der Waals surface area contributed by atoms with Crippen LogP contribution in [0.3, 0.4) is 0 Å². The number of halogens is 4. The normalized spacial score (nSPS) is 29.4. The molecule has 1 aromatic carbocycles. The number of nitrogens with zero attached hydrogens (tertiary/aromatic N) is 2. The Morgan fingerprint density at radius 1 is 1.02 bits per heavy atom. The number of allylic oxidation sites excluding steroid dienone is 1. The first-order chi connectivity index (χ1) is 22.6. The zero-order valence-electron chi connectivity index (χ0n) is 25.8. The van der Waals surface area contributed by atoms with Crippen molar-refractivity contribution in [1.29, 1.82) is 0 Å². The molecule has 0 radical (unpaired) electrons. The molecule has 0 spiro atoms. The summed E-state index contributed by atoms with van der Waals surface area (Å²) in [7, 11) is 1.41. The SMILES string of the molecule is COc1ncc(C2=NOC3OCCCC23)cc1C(=O)N[C@H]1[C@@H](C(=O)Nc2ccc(F)c(C(F)(F)F)c2)[C@H]2CC[C@@H]1/C2=C\C1CCCC1. The van der Waals surface area contributed by atoms with E-state index in [1.54, 1.807) is 12.3 Å². The molecule has 3 aliphatic carbocycles. The molecule has 2 aliphatic heterocycles. The van der Waals surface area contributed by atoms with E-state index in [-0.39, 0.29) is 34.9 Å². The first kappa shape index (κ1) is 31.6. The highest BCUT2D eigenvalue weighted by molar-refractivity contribution is 6.06. The van der Waals surface area contributed by atoms with Gasteiger partial charge in [0.2, 0.25) is 18.1 Å². The molecule has 2 unspecified atom stereocenters. The Kier molecular flexibility index (Phi) is 8.44. The van der Waals surface area contributed by atoms with Crippen LogP contribution in [0, 0.1) is 35.4 Å². The third kappa shape index (κ3) is 5.98. The van der Waals surface area contributed by atoms with Crippen molar-refractivity contribution in [1.82, 2.24) is 10.3 Å². The number of oxime groups is 1. The Labute approximate surface area is 269 Å². The number of benzene rings is 1. The zero-order valence-corrected chi connectivity index (χ0v) is 25.8. The molecule has 13 heteroatoms. The molecule has 5 aliphatic rings. The van der Waals surface area contributed by atoms with Crippen LogP contribution in [-0.2, 0) is 20.5 Å². The number of ether oxygens (including phenoxy) is 2. The lowest BCUT2D eigenvalue weighted by molar-refractivity contribution is -0.162. The fourth-order valence-electron chi connectivity index (χ4n) is 8.18. The van der Waals surface area contributed by atoms with Gasteiger partial charge >= 0.3 is 6.18 Å². The van der Waals surface area contributed by atoms with Crippen LogP contribution >= 0.6 is 0 Å². The average Bonchev–Trinajstić information content (AvgIpc) is 3.86. The lowest BCUT2D eigenvalue weighted by Crippen LogP contribution is -2.48. The minimum atomic E-state index is -4.92.